The van der Waals surface area contributed by atoms with Crippen molar-refractivity contribution in [2.24, 2.45) is 5.92 Å². The lowest BCUT2D eigenvalue weighted by atomic mass is 9.98. The van der Waals surface area contributed by atoms with Crippen LogP contribution in [-0.2, 0) is 6.42 Å². The number of ketones is 1. The molecule has 0 aromatic heterocycles. The van der Waals surface area contributed by atoms with Crippen molar-refractivity contribution in [3.05, 3.63) is 70.5 Å². The zero-order valence-electron chi connectivity index (χ0n) is 12.1. The monoisotopic (exact) mass is 270 g/mol. The van der Waals surface area contributed by atoms with Gasteiger partial charge in [-0.2, -0.15) is 0 Å². The lowest BCUT2D eigenvalue weighted by molar-refractivity contribution is 0.103. The maximum absolute atomic E-state index is 13.8. The van der Waals surface area contributed by atoms with Crippen LogP contribution in [0.15, 0.2) is 42.5 Å². The molecule has 104 valence electrons. The average molecular weight is 270 g/mol. The van der Waals surface area contributed by atoms with Gasteiger partial charge in [-0.3, -0.25) is 4.79 Å². The van der Waals surface area contributed by atoms with Crippen molar-refractivity contribution in [3.8, 4) is 0 Å². The smallest absolute Gasteiger partial charge is 0.195 e. The van der Waals surface area contributed by atoms with Crippen LogP contribution in [0.5, 0.6) is 0 Å². The molecule has 20 heavy (non-hydrogen) atoms. The standard InChI is InChI=1S/C18H19FO/c1-12(2)10-14-5-7-15(8-6-14)18(20)16-9-4-13(3)11-17(16)19/h4-9,11-12H,10H2,1-3H3. The lowest BCUT2D eigenvalue weighted by Gasteiger charge is -2.07. The summed E-state index contributed by atoms with van der Waals surface area (Å²) in [6, 6.07) is 12.1. The number of carbonyl (C=O) groups is 1. The molecule has 0 saturated heterocycles. The third kappa shape index (κ3) is 3.32. The Morgan fingerprint density at radius 2 is 1.75 bits per heavy atom. The SMILES string of the molecule is Cc1ccc(C(=O)c2ccc(CC(C)C)cc2)c(F)c1. The third-order valence-electron chi connectivity index (χ3n) is 3.23. The highest BCUT2D eigenvalue weighted by Crippen LogP contribution is 2.16. The maximum Gasteiger partial charge on any atom is 0.195 e. The van der Waals surface area contributed by atoms with Crippen LogP contribution in [0.4, 0.5) is 4.39 Å². The Labute approximate surface area is 119 Å². The van der Waals surface area contributed by atoms with E-state index in [1.807, 2.05) is 12.1 Å². The number of benzene rings is 2. The van der Waals surface area contributed by atoms with Gasteiger partial charge in [0.15, 0.2) is 5.78 Å². The molecule has 0 atom stereocenters. The molecule has 0 unspecified atom stereocenters. The summed E-state index contributed by atoms with van der Waals surface area (Å²) in [5.74, 6) is -0.147. The fourth-order valence-electron chi connectivity index (χ4n) is 2.22. The first-order valence-corrected chi connectivity index (χ1v) is 6.87. The summed E-state index contributed by atoms with van der Waals surface area (Å²) in [6.45, 7) is 6.11. The van der Waals surface area contributed by atoms with Gasteiger partial charge >= 0.3 is 0 Å². The second kappa shape index (κ2) is 6.00. The molecule has 2 aromatic rings. The van der Waals surface area contributed by atoms with E-state index in [1.165, 1.54) is 11.6 Å². The predicted octanol–water partition coefficient (Wildman–Crippen LogP) is 4.56. The van der Waals surface area contributed by atoms with Crippen LogP contribution in [-0.4, -0.2) is 5.78 Å². The Kier molecular flexibility index (Phi) is 4.33. The molecule has 0 aliphatic carbocycles. The minimum Gasteiger partial charge on any atom is -0.288 e. The largest absolute Gasteiger partial charge is 0.288 e. The van der Waals surface area contributed by atoms with E-state index in [1.54, 1.807) is 31.2 Å². The van der Waals surface area contributed by atoms with Crippen molar-refractivity contribution in [1.29, 1.82) is 0 Å². The van der Waals surface area contributed by atoms with Crippen molar-refractivity contribution in [3.63, 3.8) is 0 Å². The molecule has 0 aliphatic rings. The van der Waals surface area contributed by atoms with Crippen LogP contribution in [0.2, 0.25) is 0 Å². The molecule has 1 nitrogen and oxygen atoms in total. The summed E-state index contributed by atoms with van der Waals surface area (Å²) in [4.78, 5) is 12.3. The van der Waals surface area contributed by atoms with Crippen molar-refractivity contribution in [2.45, 2.75) is 27.2 Å². The summed E-state index contributed by atoms with van der Waals surface area (Å²) in [7, 11) is 0. The van der Waals surface area contributed by atoms with Gasteiger partial charge in [0.25, 0.3) is 0 Å². The summed E-state index contributed by atoms with van der Waals surface area (Å²) in [6.07, 6.45) is 0.980. The lowest BCUT2D eigenvalue weighted by Crippen LogP contribution is -2.05. The van der Waals surface area contributed by atoms with Crippen molar-refractivity contribution in [1.82, 2.24) is 0 Å². The van der Waals surface area contributed by atoms with Crippen LogP contribution in [0.1, 0.15) is 40.9 Å². The van der Waals surface area contributed by atoms with Gasteiger partial charge in [-0.15, -0.1) is 0 Å². The van der Waals surface area contributed by atoms with E-state index in [-0.39, 0.29) is 11.3 Å². The van der Waals surface area contributed by atoms with Gasteiger partial charge < -0.3 is 0 Å². The van der Waals surface area contributed by atoms with Crippen molar-refractivity contribution < 1.29 is 9.18 Å². The first-order valence-electron chi connectivity index (χ1n) is 6.87. The minimum atomic E-state index is -0.457. The van der Waals surface area contributed by atoms with E-state index in [2.05, 4.69) is 13.8 Å². The highest BCUT2D eigenvalue weighted by atomic mass is 19.1. The highest BCUT2D eigenvalue weighted by molar-refractivity contribution is 6.09. The predicted molar refractivity (Wildman–Crippen MR) is 79.6 cm³/mol. The van der Waals surface area contributed by atoms with E-state index >= 15 is 0 Å². The molecule has 0 amide bonds. The molecule has 2 rings (SSSR count). The molecule has 0 N–H and O–H groups in total. The normalized spacial score (nSPS) is 10.8. The number of rotatable bonds is 4. The van der Waals surface area contributed by atoms with Gasteiger partial charge in [-0.1, -0.05) is 44.2 Å². The van der Waals surface area contributed by atoms with Crippen molar-refractivity contribution in [2.75, 3.05) is 0 Å². The van der Waals surface area contributed by atoms with E-state index in [0.717, 1.165) is 12.0 Å². The molecule has 0 spiro atoms. The number of hydrogen-bond donors (Lipinski definition) is 0. The van der Waals surface area contributed by atoms with Crippen LogP contribution >= 0.6 is 0 Å². The molecule has 0 bridgehead atoms. The summed E-state index contributed by atoms with van der Waals surface area (Å²) in [5, 5.41) is 0. The van der Waals surface area contributed by atoms with Gasteiger partial charge in [-0.25, -0.2) is 4.39 Å². The summed E-state index contributed by atoms with van der Waals surface area (Å²) in [5.41, 5.74) is 2.67. The number of aryl methyl sites for hydroxylation is 1. The fraction of sp³-hybridized carbons (Fsp3) is 0.278. The maximum atomic E-state index is 13.8. The molecular formula is C18H19FO. The van der Waals surface area contributed by atoms with E-state index in [4.69, 9.17) is 0 Å². The van der Waals surface area contributed by atoms with Gasteiger partial charge in [-0.05, 0) is 42.5 Å². The van der Waals surface area contributed by atoms with Gasteiger partial charge in [0.1, 0.15) is 5.82 Å². The second-order valence-corrected chi connectivity index (χ2v) is 5.61. The number of carbonyl (C=O) groups excluding carboxylic acids is 1. The molecular weight excluding hydrogens is 251 g/mol. The van der Waals surface area contributed by atoms with Crippen LogP contribution in [0, 0.1) is 18.7 Å². The minimum absolute atomic E-state index is 0.132. The topological polar surface area (TPSA) is 17.1 Å². The number of hydrogen-bond acceptors (Lipinski definition) is 1. The van der Waals surface area contributed by atoms with E-state index in [9.17, 15) is 9.18 Å². The Hall–Kier alpha value is -1.96. The summed E-state index contributed by atoms with van der Waals surface area (Å²) < 4.78 is 13.8. The molecule has 0 fully saturated rings. The molecule has 0 saturated carbocycles. The Morgan fingerprint density at radius 3 is 2.30 bits per heavy atom. The Balaban J connectivity index is 2.25. The molecule has 2 heteroatoms. The average Bonchev–Trinajstić information content (AvgIpc) is 2.38. The fourth-order valence-corrected chi connectivity index (χ4v) is 2.22. The van der Waals surface area contributed by atoms with Gasteiger partial charge in [0, 0.05) is 5.56 Å². The first-order chi connectivity index (χ1) is 9.47. The van der Waals surface area contributed by atoms with E-state index < -0.39 is 5.82 Å². The van der Waals surface area contributed by atoms with Crippen LogP contribution in [0.25, 0.3) is 0 Å². The third-order valence-corrected chi connectivity index (χ3v) is 3.23. The Morgan fingerprint density at radius 1 is 1.10 bits per heavy atom. The Bertz CT molecular complexity index is 612. The van der Waals surface area contributed by atoms with Crippen LogP contribution in [0.3, 0.4) is 0 Å². The molecule has 0 radical (unpaired) electrons. The van der Waals surface area contributed by atoms with E-state index in [0.29, 0.717) is 11.5 Å². The highest BCUT2D eigenvalue weighted by Gasteiger charge is 2.13. The summed E-state index contributed by atoms with van der Waals surface area (Å²) >= 11 is 0. The number of halogens is 1. The molecule has 2 aromatic carbocycles. The molecule has 0 heterocycles. The quantitative estimate of drug-likeness (QED) is 0.744. The molecule has 0 aliphatic heterocycles. The first kappa shape index (κ1) is 14.4. The second-order valence-electron chi connectivity index (χ2n) is 5.61. The van der Waals surface area contributed by atoms with Gasteiger partial charge in [0.2, 0.25) is 0 Å². The van der Waals surface area contributed by atoms with Gasteiger partial charge in [0.05, 0.1) is 5.56 Å². The zero-order valence-corrected chi connectivity index (χ0v) is 12.1. The van der Waals surface area contributed by atoms with Crippen LogP contribution < -0.4 is 0 Å². The zero-order chi connectivity index (χ0) is 14.7. The van der Waals surface area contributed by atoms with Crippen molar-refractivity contribution >= 4 is 5.78 Å².